The molecule has 0 unspecified atom stereocenters. The summed E-state index contributed by atoms with van der Waals surface area (Å²) >= 11 is 0. The van der Waals surface area contributed by atoms with E-state index in [1.54, 1.807) is 36.4 Å². The van der Waals surface area contributed by atoms with Gasteiger partial charge in [0.05, 0.1) is 16.2 Å². The van der Waals surface area contributed by atoms with Crippen LogP contribution in [0.1, 0.15) is 37.0 Å². The summed E-state index contributed by atoms with van der Waals surface area (Å²) in [5, 5.41) is 0. The Morgan fingerprint density at radius 2 is 1.77 bits per heavy atom. The molecule has 0 aliphatic rings. The van der Waals surface area contributed by atoms with Gasteiger partial charge in [0.2, 0.25) is 0 Å². The molecule has 0 saturated carbocycles. The number of hydrogen-bond donors (Lipinski definition) is 1. The van der Waals surface area contributed by atoms with E-state index < -0.39 is 32.5 Å². The van der Waals surface area contributed by atoms with Gasteiger partial charge in [-0.25, -0.2) is 18.0 Å². The van der Waals surface area contributed by atoms with Crippen molar-refractivity contribution >= 4 is 15.8 Å². The van der Waals surface area contributed by atoms with E-state index in [0.29, 0.717) is 25.0 Å². The van der Waals surface area contributed by atoms with Gasteiger partial charge in [-0.05, 0) is 48.6 Å². The summed E-state index contributed by atoms with van der Waals surface area (Å²) < 4.78 is 38.2. The van der Waals surface area contributed by atoms with Crippen LogP contribution >= 0.6 is 0 Å². The first-order valence-corrected chi connectivity index (χ1v) is 12.7. The van der Waals surface area contributed by atoms with E-state index in [-0.39, 0.29) is 23.1 Å². The molecule has 3 aromatic rings. The molecule has 0 radical (unpaired) electrons. The van der Waals surface area contributed by atoms with Crippen LogP contribution in [0, 0.1) is 5.41 Å². The Bertz CT molecular complexity index is 1380. The van der Waals surface area contributed by atoms with Crippen LogP contribution in [0.25, 0.3) is 0 Å². The van der Waals surface area contributed by atoms with Gasteiger partial charge in [-0.15, -0.1) is 0 Å². The Morgan fingerprint density at radius 3 is 2.49 bits per heavy atom. The molecule has 9 nitrogen and oxygen atoms in total. The molecule has 0 spiro atoms. The third-order valence-corrected chi connectivity index (χ3v) is 7.37. The van der Waals surface area contributed by atoms with Crippen molar-refractivity contribution in [2.75, 3.05) is 12.4 Å². The molecule has 0 bridgehead atoms. The zero-order valence-electron chi connectivity index (χ0n) is 19.6. The Labute approximate surface area is 203 Å². The third-order valence-electron chi connectivity index (χ3n) is 5.23. The number of hydrogen-bond acceptors (Lipinski definition) is 7. The molecule has 3 rings (SSSR count). The van der Waals surface area contributed by atoms with Crippen molar-refractivity contribution in [2.45, 2.75) is 38.3 Å². The molecular formula is C25H28N2O7S. The van der Waals surface area contributed by atoms with Gasteiger partial charge in [-0.1, -0.05) is 38.1 Å². The van der Waals surface area contributed by atoms with Gasteiger partial charge in [-0.3, -0.25) is 14.3 Å². The van der Waals surface area contributed by atoms with Gasteiger partial charge in [-0.2, -0.15) is 0 Å². The van der Waals surface area contributed by atoms with Crippen molar-refractivity contribution in [1.29, 1.82) is 0 Å². The van der Waals surface area contributed by atoms with Crippen LogP contribution in [-0.4, -0.2) is 36.3 Å². The topological polar surface area (TPSA) is 125 Å². The van der Waals surface area contributed by atoms with E-state index in [1.165, 1.54) is 35.0 Å². The van der Waals surface area contributed by atoms with E-state index >= 15 is 0 Å². The fourth-order valence-electron chi connectivity index (χ4n) is 3.50. The maximum atomic E-state index is 13.1. The van der Waals surface area contributed by atoms with E-state index in [2.05, 4.69) is 4.98 Å². The van der Waals surface area contributed by atoms with Crippen molar-refractivity contribution in [3.8, 4) is 5.75 Å². The normalized spacial score (nSPS) is 11.8. The first-order valence-electron chi connectivity index (χ1n) is 11.0. The molecule has 1 N–H and O–H groups in total. The molecule has 1 aromatic heterocycles. The molecule has 0 aliphatic heterocycles. The number of nitrogens with one attached hydrogen (secondary N) is 1. The lowest BCUT2D eigenvalue weighted by Crippen LogP contribution is -2.29. The van der Waals surface area contributed by atoms with Gasteiger partial charge in [0.15, 0.2) is 9.84 Å². The zero-order chi connectivity index (χ0) is 25.5. The van der Waals surface area contributed by atoms with E-state index in [0.717, 1.165) is 0 Å². The number of benzene rings is 2. The van der Waals surface area contributed by atoms with Crippen molar-refractivity contribution in [3.05, 3.63) is 93.3 Å². The number of rotatable bonds is 11. The van der Waals surface area contributed by atoms with Crippen molar-refractivity contribution in [2.24, 2.45) is 5.41 Å². The smallest absolute Gasteiger partial charge is 0.343 e. The summed E-state index contributed by atoms with van der Waals surface area (Å²) in [6.07, 6.45) is 2.49. The second-order valence-electron chi connectivity index (χ2n) is 8.87. The highest BCUT2D eigenvalue weighted by atomic mass is 32.2. The predicted octanol–water partition coefficient (Wildman–Crippen LogP) is 3.01. The third kappa shape index (κ3) is 7.76. The Morgan fingerprint density at radius 1 is 1.03 bits per heavy atom. The number of ether oxygens (including phenoxy) is 2. The van der Waals surface area contributed by atoms with E-state index in [1.807, 2.05) is 13.8 Å². The van der Waals surface area contributed by atoms with Crippen LogP contribution in [0.5, 0.6) is 5.75 Å². The average Bonchev–Trinajstić information content (AvgIpc) is 2.80. The number of nitrogens with zero attached hydrogens (tertiary/aromatic N) is 1. The summed E-state index contributed by atoms with van der Waals surface area (Å²) in [6, 6.07) is 15.6. The quantitative estimate of drug-likeness (QED) is 0.244. The Kier molecular flexibility index (Phi) is 8.42. The molecule has 10 heteroatoms. The minimum absolute atomic E-state index is 0.0111. The number of H-pyrrole nitrogens is 1. The molecule has 186 valence electrons. The van der Waals surface area contributed by atoms with Gasteiger partial charge in [0.1, 0.15) is 12.5 Å². The minimum Gasteiger partial charge on any atom is -0.423 e. The van der Waals surface area contributed by atoms with E-state index in [4.69, 9.17) is 9.47 Å². The van der Waals surface area contributed by atoms with Crippen LogP contribution in [0.3, 0.4) is 0 Å². The highest BCUT2D eigenvalue weighted by Gasteiger charge is 2.27. The van der Waals surface area contributed by atoms with E-state index in [9.17, 15) is 22.8 Å². The van der Waals surface area contributed by atoms with Crippen LogP contribution < -0.4 is 16.0 Å². The maximum absolute atomic E-state index is 13.1. The number of carbonyl (C=O) groups excluding carboxylic acids is 1. The SMILES string of the molecule is CC(C)(CCCOCn1ccc(=O)[nH]c1=O)CS(=O)(=O)c1cccc(OC(=O)c2ccccc2)c1. The first kappa shape index (κ1) is 26.1. The van der Waals surface area contributed by atoms with Crippen LogP contribution in [0.2, 0.25) is 0 Å². The lowest BCUT2D eigenvalue weighted by Gasteiger charge is -2.24. The molecule has 0 aliphatic carbocycles. The van der Waals surface area contributed by atoms with Crippen LogP contribution in [-0.2, 0) is 21.3 Å². The van der Waals surface area contributed by atoms with Gasteiger partial charge in [0.25, 0.3) is 5.56 Å². The fraction of sp³-hybridized carbons (Fsp3) is 0.320. The summed E-state index contributed by atoms with van der Waals surface area (Å²) in [7, 11) is -3.65. The number of carbonyl (C=O) groups is 1. The highest BCUT2D eigenvalue weighted by molar-refractivity contribution is 7.91. The van der Waals surface area contributed by atoms with Crippen molar-refractivity contribution in [3.63, 3.8) is 0 Å². The fourth-order valence-corrected chi connectivity index (χ4v) is 5.42. The molecule has 2 aromatic carbocycles. The van der Waals surface area contributed by atoms with Crippen LogP contribution in [0.15, 0.2) is 81.3 Å². The monoisotopic (exact) mass is 500 g/mol. The van der Waals surface area contributed by atoms with Gasteiger partial charge < -0.3 is 9.47 Å². The zero-order valence-corrected chi connectivity index (χ0v) is 20.4. The first-order chi connectivity index (χ1) is 16.6. The Hall–Kier alpha value is -3.50. The predicted molar refractivity (Wildman–Crippen MR) is 130 cm³/mol. The summed E-state index contributed by atoms with van der Waals surface area (Å²) in [5.41, 5.74) is -1.21. The molecule has 1 heterocycles. The van der Waals surface area contributed by atoms with Crippen LogP contribution in [0.4, 0.5) is 0 Å². The largest absolute Gasteiger partial charge is 0.423 e. The molecule has 0 amide bonds. The summed E-state index contributed by atoms with van der Waals surface area (Å²) in [4.78, 5) is 37.2. The van der Waals surface area contributed by atoms with Crippen molar-refractivity contribution < 1.29 is 22.7 Å². The number of aromatic amines is 1. The average molecular weight is 501 g/mol. The maximum Gasteiger partial charge on any atom is 0.343 e. The molecule has 0 saturated heterocycles. The summed E-state index contributed by atoms with van der Waals surface area (Å²) in [5.74, 6) is -0.511. The standard InChI is InChI=1S/C25H28N2O7S/c1-25(2,13-7-15-33-18-27-14-12-22(28)26-24(27)30)17-35(31,32)21-11-6-10-20(16-21)34-23(29)19-8-4-3-5-9-19/h3-6,8-12,14,16H,7,13,15,17-18H2,1-2H3,(H,26,28,30). The Balaban J connectivity index is 1.54. The highest BCUT2D eigenvalue weighted by Crippen LogP contribution is 2.29. The van der Waals surface area contributed by atoms with Crippen molar-refractivity contribution in [1.82, 2.24) is 9.55 Å². The number of esters is 1. The molecule has 0 fully saturated rings. The molecular weight excluding hydrogens is 472 g/mol. The second kappa shape index (κ2) is 11.3. The second-order valence-corrected chi connectivity index (χ2v) is 10.9. The lowest BCUT2D eigenvalue weighted by molar-refractivity contribution is 0.0663. The lowest BCUT2D eigenvalue weighted by atomic mass is 9.90. The number of sulfone groups is 1. The van der Waals surface area contributed by atoms with Gasteiger partial charge >= 0.3 is 11.7 Å². The minimum atomic E-state index is -3.65. The number of aromatic nitrogens is 2. The molecule has 0 atom stereocenters. The summed E-state index contributed by atoms with van der Waals surface area (Å²) in [6.45, 7) is 4.02. The molecule has 35 heavy (non-hydrogen) atoms. The van der Waals surface area contributed by atoms with Gasteiger partial charge in [0, 0.05) is 18.9 Å².